The van der Waals surface area contributed by atoms with Crippen molar-refractivity contribution in [3.63, 3.8) is 0 Å². The third-order valence-corrected chi connectivity index (χ3v) is 2.04. The molecule has 3 heteroatoms. The predicted octanol–water partition coefficient (Wildman–Crippen LogP) is 1.11. The van der Waals surface area contributed by atoms with Gasteiger partial charge in [0.1, 0.15) is 0 Å². The van der Waals surface area contributed by atoms with Crippen LogP contribution in [0.4, 0.5) is 0 Å². The first-order valence-electron chi connectivity index (χ1n) is 4.94. The minimum atomic E-state index is -0.0626. The lowest BCUT2D eigenvalue weighted by molar-refractivity contribution is -0.0396. The van der Waals surface area contributed by atoms with E-state index in [0.29, 0.717) is 6.04 Å². The van der Waals surface area contributed by atoms with E-state index in [9.17, 15) is 0 Å². The highest BCUT2D eigenvalue weighted by Gasteiger charge is 2.14. The van der Waals surface area contributed by atoms with Gasteiger partial charge in [0.05, 0.1) is 18.8 Å². The molecule has 0 unspecified atom stereocenters. The lowest BCUT2D eigenvalue weighted by Gasteiger charge is -2.27. The molecule has 0 radical (unpaired) electrons. The van der Waals surface area contributed by atoms with E-state index in [2.05, 4.69) is 18.7 Å². The van der Waals surface area contributed by atoms with E-state index in [1.165, 1.54) is 0 Å². The summed E-state index contributed by atoms with van der Waals surface area (Å²) in [6, 6.07) is 0.491. The van der Waals surface area contributed by atoms with Crippen LogP contribution in [0.25, 0.3) is 0 Å². The normalized spacial score (nSPS) is 14.5. The second kappa shape index (κ2) is 6.35. The molecule has 0 fully saturated rings. The number of likely N-dealkylation sites (N-methyl/N-ethyl adjacent to an activating group) is 1. The average molecular weight is 189 g/mol. The standard InChI is InChI=1S/C10H23NO2/c1-8(2)11(5)6-10(7-12)13-9(3)4/h8-10,12H,6-7H2,1-5H3/t10-/m1/s1. The minimum Gasteiger partial charge on any atom is -0.394 e. The highest BCUT2D eigenvalue weighted by molar-refractivity contribution is 4.65. The third-order valence-electron chi connectivity index (χ3n) is 2.04. The van der Waals surface area contributed by atoms with Crippen molar-refractivity contribution in [3.8, 4) is 0 Å². The Morgan fingerprint density at radius 2 is 1.77 bits per heavy atom. The fraction of sp³-hybridized carbons (Fsp3) is 1.00. The second-order valence-corrected chi connectivity index (χ2v) is 4.02. The summed E-state index contributed by atoms with van der Waals surface area (Å²) in [5.74, 6) is 0. The van der Waals surface area contributed by atoms with E-state index < -0.39 is 0 Å². The van der Waals surface area contributed by atoms with Gasteiger partial charge >= 0.3 is 0 Å². The fourth-order valence-corrected chi connectivity index (χ4v) is 1.06. The van der Waals surface area contributed by atoms with E-state index in [-0.39, 0.29) is 18.8 Å². The first-order valence-corrected chi connectivity index (χ1v) is 4.94. The molecular weight excluding hydrogens is 166 g/mol. The number of rotatable bonds is 6. The first kappa shape index (κ1) is 12.9. The monoisotopic (exact) mass is 189 g/mol. The largest absolute Gasteiger partial charge is 0.394 e. The Morgan fingerprint density at radius 3 is 2.08 bits per heavy atom. The molecule has 0 saturated heterocycles. The number of nitrogens with zero attached hydrogens (tertiary/aromatic N) is 1. The summed E-state index contributed by atoms with van der Waals surface area (Å²) < 4.78 is 5.53. The molecule has 0 aliphatic carbocycles. The zero-order valence-electron chi connectivity index (χ0n) is 9.45. The maximum absolute atomic E-state index is 9.05. The summed E-state index contributed by atoms with van der Waals surface area (Å²) in [6.07, 6.45) is 0.116. The van der Waals surface area contributed by atoms with E-state index >= 15 is 0 Å². The molecule has 0 spiro atoms. The molecule has 0 amide bonds. The van der Waals surface area contributed by atoms with Gasteiger partial charge in [-0.05, 0) is 34.7 Å². The number of ether oxygens (including phenoxy) is 1. The molecule has 1 atom stereocenters. The molecule has 0 aromatic heterocycles. The van der Waals surface area contributed by atoms with Crippen molar-refractivity contribution in [2.24, 2.45) is 0 Å². The molecule has 0 aliphatic heterocycles. The number of hydrogen-bond acceptors (Lipinski definition) is 3. The van der Waals surface area contributed by atoms with Crippen molar-refractivity contribution in [2.75, 3.05) is 20.2 Å². The summed E-state index contributed by atoms with van der Waals surface area (Å²) in [5, 5.41) is 9.05. The Kier molecular flexibility index (Phi) is 6.29. The van der Waals surface area contributed by atoms with Gasteiger partial charge in [-0.3, -0.25) is 0 Å². The van der Waals surface area contributed by atoms with Crippen LogP contribution >= 0.6 is 0 Å². The lowest BCUT2D eigenvalue weighted by Crippen LogP contribution is -2.38. The number of aliphatic hydroxyl groups is 1. The lowest BCUT2D eigenvalue weighted by atomic mass is 10.3. The van der Waals surface area contributed by atoms with Crippen LogP contribution in [0.5, 0.6) is 0 Å². The first-order chi connectivity index (χ1) is 5.97. The summed E-state index contributed by atoms with van der Waals surface area (Å²) in [7, 11) is 2.04. The third kappa shape index (κ3) is 6.02. The van der Waals surface area contributed by atoms with Crippen molar-refractivity contribution < 1.29 is 9.84 Å². The van der Waals surface area contributed by atoms with Gasteiger partial charge in [0.15, 0.2) is 0 Å². The Bertz CT molecular complexity index is 126. The smallest absolute Gasteiger partial charge is 0.0935 e. The quantitative estimate of drug-likeness (QED) is 0.679. The fourth-order valence-electron chi connectivity index (χ4n) is 1.06. The highest BCUT2D eigenvalue weighted by Crippen LogP contribution is 2.02. The van der Waals surface area contributed by atoms with Gasteiger partial charge in [-0.1, -0.05) is 0 Å². The Morgan fingerprint density at radius 1 is 1.23 bits per heavy atom. The van der Waals surface area contributed by atoms with Crippen LogP contribution in [-0.2, 0) is 4.74 Å². The zero-order chi connectivity index (χ0) is 10.4. The van der Waals surface area contributed by atoms with Crippen molar-refractivity contribution in [2.45, 2.75) is 45.9 Å². The average Bonchev–Trinajstić information content (AvgIpc) is 2.02. The summed E-state index contributed by atoms with van der Waals surface area (Å²) in [4.78, 5) is 2.17. The SMILES string of the molecule is CC(C)O[C@@H](CO)CN(C)C(C)C. The van der Waals surface area contributed by atoms with E-state index in [4.69, 9.17) is 9.84 Å². The van der Waals surface area contributed by atoms with E-state index in [0.717, 1.165) is 6.54 Å². The van der Waals surface area contributed by atoms with E-state index in [1.807, 2.05) is 20.9 Å². The topological polar surface area (TPSA) is 32.7 Å². The molecule has 80 valence electrons. The molecular formula is C10H23NO2. The Balaban J connectivity index is 3.83. The molecule has 0 heterocycles. The molecule has 1 N–H and O–H groups in total. The number of hydrogen-bond donors (Lipinski definition) is 1. The second-order valence-electron chi connectivity index (χ2n) is 4.02. The van der Waals surface area contributed by atoms with Crippen molar-refractivity contribution in [1.29, 1.82) is 0 Å². The summed E-state index contributed by atoms with van der Waals surface area (Å²) >= 11 is 0. The summed E-state index contributed by atoms with van der Waals surface area (Å²) in [6.45, 7) is 9.10. The Labute approximate surface area is 81.7 Å². The van der Waals surface area contributed by atoms with Gasteiger partial charge < -0.3 is 14.7 Å². The highest BCUT2D eigenvalue weighted by atomic mass is 16.5. The van der Waals surface area contributed by atoms with Gasteiger partial charge in [0.2, 0.25) is 0 Å². The van der Waals surface area contributed by atoms with Gasteiger partial charge in [-0.15, -0.1) is 0 Å². The predicted molar refractivity (Wildman–Crippen MR) is 54.9 cm³/mol. The zero-order valence-corrected chi connectivity index (χ0v) is 9.45. The van der Waals surface area contributed by atoms with Crippen LogP contribution in [0.15, 0.2) is 0 Å². The van der Waals surface area contributed by atoms with Crippen LogP contribution in [0.1, 0.15) is 27.7 Å². The molecule has 0 aliphatic rings. The molecule has 0 aromatic carbocycles. The minimum absolute atomic E-state index is 0.0626. The molecule has 0 saturated carbocycles. The van der Waals surface area contributed by atoms with Gasteiger partial charge in [0, 0.05) is 12.6 Å². The van der Waals surface area contributed by atoms with Gasteiger partial charge in [0.25, 0.3) is 0 Å². The molecule has 13 heavy (non-hydrogen) atoms. The van der Waals surface area contributed by atoms with Crippen LogP contribution in [0.3, 0.4) is 0 Å². The van der Waals surface area contributed by atoms with Crippen LogP contribution in [0.2, 0.25) is 0 Å². The molecule has 3 nitrogen and oxygen atoms in total. The van der Waals surface area contributed by atoms with Crippen molar-refractivity contribution in [1.82, 2.24) is 4.90 Å². The van der Waals surface area contributed by atoms with Crippen molar-refractivity contribution in [3.05, 3.63) is 0 Å². The molecule has 0 rings (SSSR count). The van der Waals surface area contributed by atoms with Crippen LogP contribution in [-0.4, -0.2) is 48.5 Å². The van der Waals surface area contributed by atoms with E-state index in [1.54, 1.807) is 0 Å². The summed E-state index contributed by atoms with van der Waals surface area (Å²) in [5.41, 5.74) is 0. The maximum Gasteiger partial charge on any atom is 0.0935 e. The van der Waals surface area contributed by atoms with Gasteiger partial charge in [-0.25, -0.2) is 0 Å². The van der Waals surface area contributed by atoms with Crippen LogP contribution in [0, 0.1) is 0 Å². The van der Waals surface area contributed by atoms with Gasteiger partial charge in [-0.2, -0.15) is 0 Å². The molecule has 0 aromatic rings. The van der Waals surface area contributed by atoms with Crippen molar-refractivity contribution >= 4 is 0 Å². The number of aliphatic hydroxyl groups excluding tert-OH is 1. The van der Waals surface area contributed by atoms with Crippen LogP contribution < -0.4 is 0 Å². The Hall–Kier alpha value is -0.120. The molecule has 0 bridgehead atoms. The maximum atomic E-state index is 9.05.